The molecule has 1 atom stereocenters. The summed E-state index contributed by atoms with van der Waals surface area (Å²) in [5.74, 6) is 1.06. The molecule has 5 heteroatoms. The van der Waals surface area contributed by atoms with E-state index in [1.54, 1.807) is 0 Å². The molecule has 0 spiro atoms. The van der Waals surface area contributed by atoms with Gasteiger partial charge >= 0.3 is 0 Å². The first-order valence-corrected chi connectivity index (χ1v) is 10.7. The molecule has 1 saturated heterocycles. The minimum Gasteiger partial charge on any atom is -0.415 e. The number of nitrogens with one attached hydrogen (secondary N) is 1. The first kappa shape index (κ1) is 16.5. The normalized spacial score (nSPS) is 20.6. The van der Waals surface area contributed by atoms with Gasteiger partial charge in [-0.1, -0.05) is 26.8 Å². The highest BCUT2D eigenvalue weighted by Crippen LogP contribution is 2.36. The number of anilines is 1. The molecule has 1 N–H and O–H groups in total. The molecule has 1 aromatic rings. The summed E-state index contributed by atoms with van der Waals surface area (Å²) >= 11 is 0. The molecule has 0 aliphatic carbocycles. The zero-order valence-electron chi connectivity index (χ0n) is 14.0. The van der Waals surface area contributed by atoms with E-state index in [4.69, 9.17) is 4.43 Å². The lowest BCUT2D eigenvalue weighted by Crippen LogP contribution is -2.55. The van der Waals surface area contributed by atoms with Crippen LogP contribution in [0.25, 0.3) is 0 Å². The van der Waals surface area contributed by atoms with E-state index in [-0.39, 0.29) is 5.04 Å². The quantitative estimate of drug-likeness (QED) is 0.868. The number of pyridine rings is 1. The smallest absolute Gasteiger partial charge is 0.192 e. The second kappa shape index (κ2) is 6.46. The van der Waals surface area contributed by atoms with E-state index >= 15 is 0 Å². The lowest BCUT2D eigenvalue weighted by Gasteiger charge is -2.41. The molecule has 21 heavy (non-hydrogen) atoms. The summed E-state index contributed by atoms with van der Waals surface area (Å²) in [6, 6.07) is 6.47. The summed E-state index contributed by atoms with van der Waals surface area (Å²) in [5, 5.41) is 3.73. The van der Waals surface area contributed by atoms with Crippen LogP contribution < -0.4 is 10.2 Å². The van der Waals surface area contributed by atoms with Gasteiger partial charge in [0.05, 0.1) is 12.6 Å². The topological polar surface area (TPSA) is 37.4 Å². The van der Waals surface area contributed by atoms with Crippen LogP contribution in [0.2, 0.25) is 18.1 Å². The maximum Gasteiger partial charge on any atom is 0.192 e. The Balaban J connectivity index is 2.03. The largest absolute Gasteiger partial charge is 0.415 e. The first-order chi connectivity index (χ1) is 9.81. The summed E-state index contributed by atoms with van der Waals surface area (Å²) in [6.07, 6.45) is 1.86. The van der Waals surface area contributed by atoms with E-state index in [9.17, 15) is 0 Å². The van der Waals surface area contributed by atoms with Crippen molar-refractivity contribution in [2.45, 2.75) is 44.9 Å². The second-order valence-corrected chi connectivity index (χ2v) is 12.1. The number of nitrogens with zero attached hydrogens (tertiary/aromatic N) is 2. The molecule has 1 aromatic heterocycles. The molecule has 0 amide bonds. The molecule has 1 aliphatic rings. The average Bonchev–Trinajstić information content (AvgIpc) is 2.45. The zero-order valence-corrected chi connectivity index (χ0v) is 15.0. The fraction of sp³-hybridized carbons (Fsp3) is 0.688. The van der Waals surface area contributed by atoms with E-state index in [2.05, 4.69) is 61.2 Å². The van der Waals surface area contributed by atoms with Crippen molar-refractivity contribution >= 4 is 14.1 Å². The highest BCUT2D eigenvalue weighted by Gasteiger charge is 2.38. The highest BCUT2D eigenvalue weighted by atomic mass is 28.4. The first-order valence-electron chi connectivity index (χ1n) is 7.83. The SMILES string of the molecule is CC(C)(C)[Si](C)(C)OC[C@@H]1CNCCN1c1ccccn1. The van der Waals surface area contributed by atoms with Gasteiger partial charge in [-0.3, -0.25) is 0 Å². The zero-order chi connectivity index (χ0) is 15.5. The van der Waals surface area contributed by atoms with Gasteiger partial charge in [-0.2, -0.15) is 0 Å². The Kier molecular flexibility index (Phi) is 5.06. The molecule has 4 nitrogen and oxygen atoms in total. The predicted molar refractivity (Wildman–Crippen MR) is 91.4 cm³/mol. The van der Waals surface area contributed by atoms with Crippen LogP contribution >= 0.6 is 0 Å². The van der Waals surface area contributed by atoms with Gasteiger partial charge in [0.15, 0.2) is 8.32 Å². The van der Waals surface area contributed by atoms with E-state index in [1.807, 2.05) is 12.3 Å². The minimum absolute atomic E-state index is 0.255. The Hall–Kier alpha value is -0.913. The Labute approximate surface area is 130 Å². The number of piperazine rings is 1. The number of hydrogen-bond acceptors (Lipinski definition) is 4. The molecule has 118 valence electrons. The van der Waals surface area contributed by atoms with Gasteiger partial charge < -0.3 is 14.6 Å². The number of aromatic nitrogens is 1. The van der Waals surface area contributed by atoms with Gasteiger partial charge in [0.25, 0.3) is 0 Å². The third-order valence-electron chi connectivity index (χ3n) is 4.74. The van der Waals surface area contributed by atoms with Gasteiger partial charge in [-0.25, -0.2) is 4.98 Å². The van der Waals surface area contributed by atoms with Gasteiger partial charge in [-0.15, -0.1) is 0 Å². The molecule has 0 aromatic carbocycles. The Morgan fingerprint density at radius 3 is 2.76 bits per heavy atom. The van der Waals surface area contributed by atoms with Crippen molar-refractivity contribution in [3.8, 4) is 0 Å². The monoisotopic (exact) mass is 307 g/mol. The molecular formula is C16H29N3OSi. The van der Waals surface area contributed by atoms with Crippen LogP contribution in [0, 0.1) is 0 Å². The molecule has 1 aliphatic heterocycles. The Morgan fingerprint density at radius 2 is 2.14 bits per heavy atom. The summed E-state index contributed by atoms with van der Waals surface area (Å²) in [4.78, 5) is 6.88. The fourth-order valence-corrected chi connectivity index (χ4v) is 3.30. The summed E-state index contributed by atoms with van der Waals surface area (Å²) in [5.41, 5.74) is 0. The maximum atomic E-state index is 6.41. The molecule has 1 fully saturated rings. The van der Waals surface area contributed by atoms with Crippen LogP contribution in [0.5, 0.6) is 0 Å². The van der Waals surface area contributed by atoms with Crippen LogP contribution in [0.3, 0.4) is 0 Å². The number of hydrogen-bond donors (Lipinski definition) is 1. The molecule has 0 radical (unpaired) electrons. The van der Waals surface area contributed by atoms with Gasteiger partial charge in [0, 0.05) is 25.8 Å². The second-order valence-electron chi connectivity index (χ2n) is 7.31. The molecule has 0 bridgehead atoms. The van der Waals surface area contributed by atoms with Crippen LogP contribution in [-0.2, 0) is 4.43 Å². The van der Waals surface area contributed by atoms with E-state index in [0.29, 0.717) is 6.04 Å². The van der Waals surface area contributed by atoms with Gasteiger partial charge in [0.1, 0.15) is 5.82 Å². The van der Waals surface area contributed by atoms with Gasteiger partial charge in [0.2, 0.25) is 0 Å². The molecular weight excluding hydrogens is 278 g/mol. The number of rotatable bonds is 4. The lowest BCUT2D eigenvalue weighted by molar-refractivity contribution is 0.245. The van der Waals surface area contributed by atoms with Crippen molar-refractivity contribution in [3.63, 3.8) is 0 Å². The van der Waals surface area contributed by atoms with Crippen molar-refractivity contribution in [1.82, 2.24) is 10.3 Å². The van der Waals surface area contributed by atoms with E-state index in [0.717, 1.165) is 32.1 Å². The molecule has 0 saturated carbocycles. The molecule has 0 unspecified atom stereocenters. The highest BCUT2D eigenvalue weighted by molar-refractivity contribution is 6.74. The average molecular weight is 308 g/mol. The molecule has 2 rings (SSSR count). The van der Waals surface area contributed by atoms with E-state index in [1.165, 1.54) is 0 Å². The summed E-state index contributed by atoms with van der Waals surface area (Å²) in [6.45, 7) is 15.2. The van der Waals surface area contributed by atoms with Crippen LogP contribution in [0.15, 0.2) is 24.4 Å². The standard InChI is InChI=1S/C16H29N3OSi/c1-16(2,3)21(4,5)20-13-14-12-17-10-11-19(14)15-8-6-7-9-18-15/h6-9,14,17H,10-13H2,1-5H3/t14-/m0/s1. The van der Waals surface area contributed by atoms with E-state index < -0.39 is 8.32 Å². The molecule has 2 heterocycles. The third-order valence-corrected chi connectivity index (χ3v) is 9.24. The Bertz CT molecular complexity index is 445. The van der Waals surface area contributed by atoms with Crippen LogP contribution in [-0.4, -0.2) is 45.6 Å². The van der Waals surface area contributed by atoms with Crippen molar-refractivity contribution in [2.75, 3.05) is 31.1 Å². The van der Waals surface area contributed by atoms with Crippen molar-refractivity contribution in [1.29, 1.82) is 0 Å². The Morgan fingerprint density at radius 1 is 1.38 bits per heavy atom. The van der Waals surface area contributed by atoms with Gasteiger partial charge in [-0.05, 0) is 30.3 Å². The fourth-order valence-electron chi connectivity index (χ4n) is 2.26. The predicted octanol–water partition coefficient (Wildman–Crippen LogP) is 2.88. The minimum atomic E-state index is -1.69. The summed E-state index contributed by atoms with van der Waals surface area (Å²) in [7, 11) is -1.69. The van der Waals surface area contributed by atoms with Crippen molar-refractivity contribution in [2.24, 2.45) is 0 Å². The maximum absolute atomic E-state index is 6.41. The van der Waals surface area contributed by atoms with Crippen LogP contribution in [0.4, 0.5) is 5.82 Å². The lowest BCUT2D eigenvalue weighted by atomic mass is 10.2. The van der Waals surface area contributed by atoms with Crippen molar-refractivity contribution < 1.29 is 4.43 Å². The summed E-state index contributed by atoms with van der Waals surface area (Å²) < 4.78 is 6.41. The third kappa shape index (κ3) is 4.05. The van der Waals surface area contributed by atoms with Crippen molar-refractivity contribution in [3.05, 3.63) is 24.4 Å². The van der Waals surface area contributed by atoms with Crippen LogP contribution in [0.1, 0.15) is 20.8 Å².